The Morgan fingerprint density at radius 1 is 1.10 bits per heavy atom. The minimum Gasteiger partial charge on any atom is -0.313 e. The van der Waals surface area contributed by atoms with Crippen molar-refractivity contribution in [1.29, 1.82) is 0 Å². The number of hydrogen-bond acceptors (Lipinski definition) is 2. The van der Waals surface area contributed by atoms with Crippen LogP contribution in [0.4, 0.5) is 0 Å². The van der Waals surface area contributed by atoms with Gasteiger partial charge >= 0.3 is 0 Å². The summed E-state index contributed by atoms with van der Waals surface area (Å²) in [5.74, 6) is 0. The van der Waals surface area contributed by atoms with E-state index in [2.05, 4.69) is 40.3 Å². The molecule has 5 heteroatoms. The van der Waals surface area contributed by atoms with Crippen molar-refractivity contribution in [3.05, 3.63) is 56.5 Å². The van der Waals surface area contributed by atoms with E-state index in [0.717, 1.165) is 33.9 Å². The van der Waals surface area contributed by atoms with E-state index < -0.39 is 0 Å². The van der Waals surface area contributed by atoms with Crippen LogP contribution in [0.15, 0.2) is 50.7 Å². The maximum absolute atomic E-state index is 6.25. The lowest BCUT2D eigenvalue weighted by Crippen LogP contribution is -2.14. The van der Waals surface area contributed by atoms with Crippen LogP contribution in [-0.4, -0.2) is 6.54 Å². The number of rotatable bonds is 6. The van der Waals surface area contributed by atoms with E-state index in [1.807, 2.05) is 18.2 Å². The van der Waals surface area contributed by atoms with Crippen molar-refractivity contribution in [1.82, 2.24) is 5.32 Å². The molecule has 0 heterocycles. The molecule has 0 radical (unpaired) electrons. The van der Waals surface area contributed by atoms with Crippen molar-refractivity contribution in [3.63, 3.8) is 0 Å². The van der Waals surface area contributed by atoms with E-state index in [1.165, 1.54) is 10.5 Å². The van der Waals surface area contributed by atoms with Crippen LogP contribution in [0.2, 0.25) is 10.0 Å². The second-order valence-corrected chi connectivity index (χ2v) is 7.45. The smallest absolute Gasteiger partial charge is 0.0546 e. The molecule has 0 saturated heterocycles. The fourth-order valence-electron chi connectivity index (χ4n) is 1.86. The summed E-state index contributed by atoms with van der Waals surface area (Å²) in [4.78, 5) is 2.16. The summed E-state index contributed by atoms with van der Waals surface area (Å²) in [6.07, 6.45) is 1.12. The highest BCUT2D eigenvalue weighted by atomic mass is 79.9. The standard InChI is InChI=1S/C16H16BrCl2NS/c1-2-7-20-10-11-8-12(17)3-6-15(11)21-16-9-13(18)4-5-14(16)19/h3-6,8-9,20H,2,7,10H2,1H3. The van der Waals surface area contributed by atoms with Crippen molar-refractivity contribution in [3.8, 4) is 0 Å². The van der Waals surface area contributed by atoms with Gasteiger partial charge in [0.25, 0.3) is 0 Å². The van der Waals surface area contributed by atoms with Crippen LogP contribution in [0.25, 0.3) is 0 Å². The third-order valence-corrected chi connectivity index (χ3v) is 5.22. The summed E-state index contributed by atoms with van der Waals surface area (Å²) in [6.45, 7) is 4.01. The molecule has 0 fully saturated rings. The fourth-order valence-corrected chi connectivity index (χ4v) is 3.72. The molecule has 0 spiro atoms. The topological polar surface area (TPSA) is 12.0 Å². The van der Waals surface area contributed by atoms with Crippen molar-refractivity contribution in [2.24, 2.45) is 0 Å². The highest BCUT2D eigenvalue weighted by Gasteiger charge is 2.08. The summed E-state index contributed by atoms with van der Waals surface area (Å²) >= 11 is 17.5. The molecule has 1 nitrogen and oxygen atoms in total. The maximum Gasteiger partial charge on any atom is 0.0546 e. The van der Waals surface area contributed by atoms with E-state index in [1.54, 1.807) is 17.8 Å². The lowest BCUT2D eigenvalue weighted by Gasteiger charge is -2.12. The first kappa shape index (κ1) is 17.2. The fraction of sp³-hybridized carbons (Fsp3) is 0.250. The number of hydrogen-bond donors (Lipinski definition) is 1. The Bertz CT molecular complexity index is 619. The zero-order valence-corrected chi connectivity index (χ0v) is 15.5. The van der Waals surface area contributed by atoms with Gasteiger partial charge < -0.3 is 5.32 Å². The van der Waals surface area contributed by atoms with Gasteiger partial charge in [-0.25, -0.2) is 0 Å². The van der Waals surface area contributed by atoms with Crippen LogP contribution in [0, 0.1) is 0 Å². The second-order valence-electron chi connectivity index (χ2n) is 4.61. The van der Waals surface area contributed by atoms with Crippen LogP contribution in [0.1, 0.15) is 18.9 Å². The van der Waals surface area contributed by atoms with E-state index in [4.69, 9.17) is 23.2 Å². The molecule has 1 N–H and O–H groups in total. The monoisotopic (exact) mass is 403 g/mol. The Morgan fingerprint density at radius 3 is 2.67 bits per heavy atom. The van der Waals surface area contributed by atoms with Crippen LogP contribution in [-0.2, 0) is 6.54 Å². The third-order valence-electron chi connectivity index (χ3n) is 2.88. The highest BCUT2D eigenvalue weighted by Crippen LogP contribution is 2.37. The number of halogens is 3. The Labute approximate surface area is 148 Å². The molecular formula is C16H16BrCl2NS. The van der Waals surface area contributed by atoms with Crippen molar-refractivity contribution < 1.29 is 0 Å². The zero-order chi connectivity index (χ0) is 15.2. The van der Waals surface area contributed by atoms with Crippen LogP contribution in [0.3, 0.4) is 0 Å². The largest absolute Gasteiger partial charge is 0.313 e. The summed E-state index contributed by atoms with van der Waals surface area (Å²) in [6, 6.07) is 11.8. The molecule has 2 aromatic carbocycles. The second kappa shape index (κ2) is 8.44. The van der Waals surface area contributed by atoms with Gasteiger partial charge in [-0.1, -0.05) is 57.8 Å². The Morgan fingerprint density at radius 2 is 1.90 bits per heavy atom. The maximum atomic E-state index is 6.25. The van der Waals surface area contributed by atoms with Gasteiger partial charge in [0.1, 0.15) is 0 Å². The van der Waals surface area contributed by atoms with Gasteiger partial charge in [-0.2, -0.15) is 0 Å². The van der Waals surface area contributed by atoms with Gasteiger partial charge in [0.05, 0.1) is 5.02 Å². The van der Waals surface area contributed by atoms with Gasteiger partial charge in [0, 0.05) is 25.8 Å². The van der Waals surface area contributed by atoms with Crippen LogP contribution in [0.5, 0.6) is 0 Å². The quantitative estimate of drug-likeness (QED) is 0.558. The zero-order valence-electron chi connectivity index (χ0n) is 11.6. The molecule has 2 rings (SSSR count). The van der Waals surface area contributed by atoms with E-state index in [0.29, 0.717) is 5.02 Å². The molecular weight excluding hydrogens is 389 g/mol. The van der Waals surface area contributed by atoms with Gasteiger partial charge in [-0.15, -0.1) is 0 Å². The first-order valence-electron chi connectivity index (χ1n) is 6.72. The molecule has 0 aliphatic heterocycles. The van der Waals surface area contributed by atoms with Crippen molar-refractivity contribution in [2.45, 2.75) is 29.7 Å². The normalized spacial score (nSPS) is 10.9. The molecule has 21 heavy (non-hydrogen) atoms. The average molecular weight is 405 g/mol. The predicted molar refractivity (Wildman–Crippen MR) is 96.7 cm³/mol. The molecule has 0 aliphatic rings. The molecule has 2 aromatic rings. The molecule has 112 valence electrons. The van der Waals surface area contributed by atoms with Crippen molar-refractivity contribution >= 4 is 50.9 Å². The van der Waals surface area contributed by atoms with E-state index in [9.17, 15) is 0 Å². The molecule has 0 saturated carbocycles. The summed E-state index contributed by atoms with van der Waals surface area (Å²) in [5.41, 5.74) is 1.25. The molecule has 0 bridgehead atoms. The van der Waals surface area contributed by atoms with Gasteiger partial charge in [0.15, 0.2) is 0 Å². The third kappa shape index (κ3) is 5.19. The first-order chi connectivity index (χ1) is 10.1. The first-order valence-corrected chi connectivity index (χ1v) is 9.08. The molecule has 0 aromatic heterocycles. The SMILES string of the molecule is CCCNCc1cc(Br)ccc1Sc1cc(Cl)ccc1Cl. The van der Waals surface area contributed by atoms with Crippen LogP contribution < -0.4 is 5.32 Å². The molecule has 0 unspecified atom stereocenters. The Kier molecular flexibility index (Phi) is 6.90. The number of benzene rings is 2. The molecule has 0 atom stereocenters. The van der Waals surface area contributed by atoms with Crippen molar-refractivity contribution in [2.75, 3.05) is 6.54 Å². The predicted octanol–water partition coefficient (Wildman–Crippen LogP) is 6.41. The molecule has 0 aliphatic carbocycles. The van der Waals surface area contributed by atoms with Gasteiger partial charge in [-0.3, -0.25) is 0 Å². The lowest BCUT2D eigenvalue weighted by molar-refractivity contribution is 0.669. The highest BCUT2D eigenvalue weighted by molar-refractivity contribution is 9.10. The number of nitrogens with one attached hydrogen (secondary N) is 1. The van der Waals surface area contributed by atoms with E-state index >= 15 is 0 Å². The Hall–Kier alpha value is -0.190. The summed E-state index contributed by atoms with van der Waals surface area (Å²) < 4.78 is 1.08. The van der Waals surface area contributed by atoms with E-state index in [-0.39, 0.29) is 0 Å². The Balaban J connectivity index is 2.24. The minimum atomic E-state index is 0.699. The van der Waals surface area contributed by atoms with Gasteiger partial charge in [-0.05, 0) is 54.9 Å². The molecule has 0 amide bonds. The minimum absolute atomic E-state index is 0.699. The lowest BCUT2D eigenvalue weighted by atomic mass is 10.2. The average Bonchev–Trinajstić information content (AvgIpc) is 2.46. The summed E-state index contributed by atoms with van der Waals surface area (Å²) in [7, 11) is 0. The summed E-state index contributed by atoms with van der Waals surface area (Å²) in [5, 5.41) is 4.86. The van der Waals surface area contributed by atoms with Crippen LogP contribution >= 0.6 is 50.9 Å². The van der Waals surface area contributed by atoms with Gasteiger partial charge in [0.2, 0.25) is 0 Å².